The highest BCUT2D eigenvalue weighted by atomic mass is 16.8. The topological polar surface area (TPSA) is 54.0 Å². The van der Waals surface area contributed by atoms with E-state index in [9.17, 15) is 4.79 Å². The summed E-state index contributed by atoms with van der Waals surface area (Å²) < 4.78 is 22.3. The van der Waals surface area contributed by atoms with Gasteiger partial charge in [0.2, 0.25) is 0 Å². The number of ether oxygens (including phenoxy) is 4. The van der Waals surface area contributed by atoms with Crippen LogP contribution in [0.15, 0.2) is 0 Å². The first-order valence-corrected chi connectivity index (χ1v) is 5.46. The third-order valence-electron chi connectivity index (χ3n) is 2.69. The van der Waals surface area contributed by atoms with Crippen molar-refractivity contribution < 1.29 is 23.7 Å². The van der Waals surface area contributed by atoms with Crippen LogP contribution < -0.4 is 0 Å². The van der Waals surface area contributed by atoms with Gasteiger partial charge in [0.25, 0.3) is 0 Å². The Labute approximate surface area is 95.0 Å². The van der Waals surface area contributed by atoms with Gasteiger partial charge in [-0.3, -0.25) is 0 Å². The number of carbonyl (C=O) groups excluding carboxylic acids is 1. The van der Waals surface area contributed by atoms with Crippen molar-refractivity contribution >= 4 is 6.29 Å². The maximum absolute atomic E-state index is 10.9. The lowest BCUT2D eigenvalue weighted by molar-refractivity contribution is -0.174. The minimum Gasteiger partial charge on any atom is -0.348 e. The molecule has 0 aromatic carbocycles. The molecule has 2 rings (SSSR count). The van der Waals surface area contributed by atoms with Crippen molar-refractivity contribution in [1.29, 1.82) is 0 Å². The highest BCUT2D eigenvalue weighted by Crippen LogP contribution is 2.34. The first-order valence-electron chi connectivity index (χ1n) is 5.46. The standard InChI is InChI=1S/C11H18O5/c1-10(2)13-6-8(15-10)9-7(5-12)14-11(3,4)16-9/h5,7-9H,6H2,1-4H3/t7-,8-,9-/m1/s1. The van der Waals surface area contributed by atoms with Crippen molar-refractivity contribution in [3.8, 4) is 0 Å². The van der Waals surface area contributed by atoms with Crippen LogP contribution >= 0.6 is 0 Å². The molecule has 2 heterocycles. The summed E-state index contributed by atoms with van der Waals surface area (Å²) in [5, 5.41) is 0. The van der Waals surface area contributed by atoms with E-state index >= 15 is 0 Å². The lowest BCUT2D eigenvalue weighted by Gasteiger charge is -2.22. The number of hydrogen-bond donors (Lipinski definition) is 0. The molecule has 0 saturated carbocycles. The van der Waals surface area contributed by atoms with Gasteiger partial charge < -0.3 is 23.7 Å². The summed E-state index contributed by atoms with van der Waals surface area (Å²) >= 11 is 0. The van der Waals surface area contributed by atoms with Crippen LogP contribution in [0.5, 0.6) is 0 Å². The molecule has 0 unspecified atom stereocenters. The Morgan fingerprint density at radius 3 is 2.25 bits per heavy atom. The van der Waals surface area contributed by atoms with E-state index in [-0.39, 0.29) is 6.10 Å². The highest BCUT2D eigenvalue weighted by molar-refractivity contribution is 5.58. The summed E-state index contributed by atoms with van der Waals surface area (Å²) in [4.78, 5) is 10.9. The molecule has 2 saturated heterocycles. The van der Waals surface area contributed by atoms with E-state index in [2.05, 4.69) is 0 Å². The summed E-state index contributed by atoms with van der Waals surface area (Å²) in [6.07, 6.45) is -0.479. The minimum atomic E-state index is -0.744. The molecular formula is C11H18O5. The molecule has 0 spiro atoms. The number of rotatable bonds is 2. The number of aldehydes is 1. The minimum absolute atomic E-state index is 0.257. The molecule has 0 aliphatic carbocycles. The van der Waals surface area contributed by atoms with Crippen molar-refractivity contribution in [2.75, 3.05) is 6.61 Å². The fourth-order valence-electron chi connectivity index (χ4n) is 2.09. The predicted octanol–water partition coefficient (Wildman–Crippen LogP) is 0.857. The average Bonchev–Trinajstić information content (AvgIpc) is 2.65. The molecule has 92 valence electrons. The molecule has 0 aromatic rings. The van der Waals surface area contributed by atoms with Gasteiger partial charge in [0, 0.05) is 0 Å². The Hall–Kier alpha value is -0.490. The zero-order valence-electron chi connectivity index (χ0n) is 10.1. The normalized spacial score (nSPS) is 41.1. The van der Waals surface area contributed by atoms with Crippen LogP contribution in [-0.2, 0) is 23.7 Å². The number of hydrogen-bond acceptors (Lipinski definition) is 5. The molecular weight excluding hydrogens is 212 g/mol. The van der Waals surface area contributed by atoms with E-state index in [1.807, 2.05) is 13.8 Å². The molecule has 3 atom stereocenters. The van der Waals surface area contributed by atoms with E-state index in [4.69, 9.17) is 18.9 Å². The lowest BCUT2D eigenvalue weighted by atomic mass is 10.1. The van der Waals surface area contributed by atoms with Crippen molar-refractivity contribution in [3.63, 3.8) is 0 Å². The quantitative estimate of drug-likeness (QED) is 0.658. The van der Waals surface area contributed by atoms with Crippen molar-refractivity contribution in [3.05, 3.63) is 0 Å². The maximum Gasteiger partial charge on any atom is 0.164 e. The number of carbonyl (C=O) groups is 1. The van der Waals surface area contributed by atoms with E-state index < -0.39 is 23.8 Å². The van der Waals surface area contributed by atoms with Crippen LogP contribution in [0.2, 0.25) is 0 Å². The Morgan fingerprint density at radius 2 is 1.75 bits per heavy atom. The van der Waals surface area contributed by atoms with Gasteiger partial charge in [-0.2, -0.15) is 0 Å². The average molecular weight is 230 g/mol. The predicted molar refractivity (Wildman–Crippen MR) is 54.8 cm³/mol. The van der Waals surface area contributed by atoms with E-state index in [1.54, 1.807) is 13.8 Å². The maximum atomic E-state index is 10.9. The van der Waals surface area contributed by atoms with Gasteiger partial charge in [-0.1, -0.05) is 0 Å². The van der Waals surface area contributed by atoms with Gasteiger partial charge in [0.05, 0.1) is 6.61 Å². The van der Waals surface area contributed by atoms with E-state index in [1.165, 1.54) is 0 Å². The van der Waals surface area contributed by atoms with Gasteiger partial charge in [-0.25, -0.2) is 0 Å². The second-order valence-corrected chi connectivity index (χ2v) is 5.07. The Kier molecular flexibility index (Phi) is 2.82. The molecule has 2 fully saturated rings. The summed E-state index contributed by atoms with van der Waals surface area (Å²) in [6, 6.07) is 0. The first kappa shape index (κ1) is 12.0. The van der Waals surface area contributed by atoms with Gasteiger partial charge in [0.15, 0.2) is 17.9 Å². The van der Waals surface area contributed by atoms with Crippen molar-refractivity contribution in [2.45, 2.75) is 57.6 Å². The smallest absolute Gasteiger partial charge is 0.164 e. The van der Waals surface area contributed by atoms with Crippen LogP contribution in [0.4, 0.5) is 0 Å². The third kappa shape index (κ3) is 2.27. The summed E-state index contributed by atoms with van der Waals surface area (Å²) in [5.41, 5.74) is 0. The second-order valence-electron chi connectivity index (χ2n) is 5.07. The second kappa shape index (κ2) is 3.77. The van der Waals surface area contributed by atoms with Crippen molar-refractivity contribution in [1.82, 2.24) is 0 Å². The van der Waals surface area contributed by atoms with Crippen LogP contribution in [0.1, 0.15) is 27.7 Å². The lowest BCUT2D eigenvalue weighted by Crippen LogP contribution is -2.38. The van der Waals surface area contributed by atoms with Gasteiger partial charge >= 0.3 is 0 Å². The van der Waals surface area contributed by atoms with Crippen LogP contribution in [-0.4, -0.2) is 42.8 Å². The van der Waals surface area contributed by atoms with Crippen LogP contribution in [0.3, 0.4) is 0 Å². The summed E-state index contributed by atoms with van der Waals surface area (Å²) in [6.45, 7) is 7.66. The van der Waals surface area contributed by atoms with E-state index in [0.29, 0.717) is 6.61 Å². The molecule has 2 aliphatic heterocycles. The first-order chi connectivity index (χ1) is 7.33. The molecule has 0 aromatic heterocycles. The molecule has 5 nitrogen and oxygen atoms in total. The SMILES string of the molecule is CC1(C)O[C@@H]([C@H]2COC(C)(C)O2)[C@@H](C=O)O1. The van der Waals surface area contributed by atoms with Crippen LogP contribution in [0, 0.1) is 0 Å². The molecule has 16 heavy (non-hydrogen) atoms. The third-order valence-corrected chi connectivity index (χ3v) is 2.69. The van der Waals surface area contributed by atoms with Crippen LogP contribution in [0.25, 0.3) is 0 Å². The molecule has 0 bridgehead atoms. The zero-order chi connectivity index (χ0) is 12.0. The molecule has 0 N–H and O–H groups in total. The Morgan fingerprint density at radius 1 is 1.06 bits per heavy atom. The monoisotopic (exact) mass is 230 g/mol. The van der Waals surface area contributed by atoms with Gasteiger partial charge in [-0.05, 0) is 27.7 Å². The van der Waals surface area contributed by atoms with Gasteiger partial charge in [0.1, 0.15) is 18.3 Å². The van der Waals surface area contributed by atoms with Gasteiger partial charge in [-0.15, -0.1) is 0 Å². The largest absolute Gasteiger partial charge is 0.348 e. The Bertz CT molecular complexity index is 286. The summed E-state index contributed by atoms with van der Waals surface area (Å²) in [5.74, 6) is -1.36. The fraction of sp³-hybridized carbons (Fsp3) is 0.909. The van der Waals surface area contributed by atoms with Crippen molar-refractivity contribution in [2.24, 2.45) is 0 Å². The Balaban J connectivity index is 2.07. The molecule has 0 radical (unpaired) electrons. The molecule has 2 aliphatic rings. The molecule has 5 heteroatoms. The zero-order valence-corrected chi connectivity index (χ0v) is 10.1. The highest BCUT2D eigenvalue weighted by Gasteiger charge is 2.49. The van der Waals surface area contributed by atoms with E-state index in [0.717, 1.165) is 6.29 Å². The summed E-state index contributed by atoms with van der Waals surface area (Å²) in [7, 11) is 0. The molecule has 0 amide bonds. The fourth-order valence-corrected chi connectivity index (χ4v) is 2.09.